The minimum absolute atomic E-state index is 0.0646. The fourth-order valence-corrected chi connectivity index (χ4v) is 1.95. The number of alkyl halides is 3. The van der Waals surface area contributed by atoms with Crippen LogP contribution >= 0.6 is 15.9 Å². The van der Waals surface area contributed by atoms with E-state index in [1.54, 1.807) is 0 Å². The highest BCUT2D eigenvalue weighted by atomic mass is 79.9. The molecule has 7 heteroatoms. The quantitative estimate of drug-likeness (QED) is 0.866. The molecule has 0 fully saturated rings. The van der Waals surface area contributed by atoms with Crippen LogP contribution in [0.2, 0.25) is 0 Å². The van der Waals surface area contributed by atoms with E-state index in [-0.39, 0.29) is 28.5 Å². The van der Waals surface area contributed by atoms with Crippen LogP contribution in [0.15, 0.2) is 22.7 Å². The number of nitrogens with one attached hydrogen (secondary N) is 1. The zero-order valence-electron chi connectivity index (χ0n) is 11.1. The molecule has 3 nitrogen and oxygen atoms in total. The summed E-state index contributed by atoms with van der Waals surface area (Å²) in [7, 11) is 0. The van der Waals surface area contributed by atoms with Crippen LogP contribution in [0.5, 0.6) is 0 Å². The lowest BCUT2D eigenvalue weighted by atomic mass is 10.0. The van der Waals surface area contributed by atoms with Crippen LogP contribution in [0.25, 0.3) is 0 Å². The predicted molar refractivity (Wildman–Crippen MR) is 75.2 cm³/mol. The molecule has 0 aliphatic carbocycles. The molecule has 0 spiro atoms. The first-order chi connectivity index (χ1) is 9.11. The number of hydrogen-bond donors (Lipinski definition) is 2. The van der Waals surface area contributed by atoms with Crippen molar-refractivity contribution in [2.75, 3.05) is 5.32 Å². The molecular weight excluding hydrogens is 337 g/mol. The van der Waals surface area contributed by atoms with Crippen molar-refractivity contribution in [2.45, 2.75) is 32.5 Å². The topological polar surface area (TPSA) is 55.1 Å². The maximum atomic E-state index is 12.7. The number of anilines is 1. The van der Waals surface area contributed by atoms with Gasteiger partial charge in [0.15, 0.2) is 0 Å². The maximum Gasteiger partial charge on any atom is 0.417 e. The normalized spacial score (nSPS) is 13.4. The monoisotopic (exact) mass is 352 g/mol. The number of hydrogen-bond acceptors (Lipinski definition) is 2. The van der Waals surface area contributed by atoms with Gasteiger partial charge in [-0.25, -0.2) is 0 Å². The van der Waals surface area contributed by atoms with Gasteiger partial charge in [-0.15, -0.1) is 0 Å². The van der Waals surface area contributed by atoms with Crippen molar-refractivity contribution in [3.8, 4) is 0 Å². The van der Waals surface area contributed by atoms with E-state index in [4.69, 9.17) is 5.73 Å². The Balaban J connectivity index is 2.81. The zero-order valence-corrected chi connectivity index (χ0v) is 12.7. The molecule has 0 aliphatic heterocycles. The molecule has 0 aromatic heterocycles. The summed E-state index contributed by atoms with van der Waals surface area (Å²) < 4.78 is 38.1. The van der Waals surface area contributed by atoms with Crippen molar-refractivity contribution >= 4 is 27.5 Å². The molecule has 1 amide bonds. The Morgan fingerprint density at radius 1 is 1.40 bits per heavy atom. The molecule has 1 rings (SSSR count). The van der Waals surface area contributed by atoms with Crippen molar-refractivity contribution in [2.24, 2.45) is 11.7 Å². The summed E-state index contributed by atoms with van der Waals surface area (Å²) in [5.74, 6) is -0.280. The lowest BCUT2D eigenvalue weighted by Crippen LogP contribution is -2.31. The summed E-state index contributed by atoms with van der Waals surface area (Å²) in [4.78, 5) is 11.7. The SMILES string of the molecule is CC(C)C(N)CC(=O)Nc1ccc(Br)c(C(F)(F)F)c1. The van der Waals surface area contributed by atoms with E-state index in [0.29, 0.717) is 0 Å². The molecule has 0 saturated heterocycles. The number of benzene rings is 1. The molecule has 20 heavy (non-hydrogen) atoms. The van der Waals surface area contributed by atoms with Gasteiger partial charge in [-0.1, -0.05) is 29.8 Å². The molecule has 0 heterocycles. The second kappa shape index (κ2) is 6.58. The predicted octanol–water partition coefficient (Wildman–Crippen LogP) is 3.78. The number of carbonyl (C=O) groups excluding carboxylic acids is 1. The Morgan fingerprint density at radius 3 is 2.50 bits per heavy atom. The molecule has 3 N–H and O–H groups in total. The Kier molecular flexibility index (Phi) is 5.59. The van der Waals surface area contributed by atoms with Gasteiger partial charge in [0.25, 0.3) is 0 Å². The number of rotatable bonds is 4. The van der Waals surface area contributed by atoms with E-state index in [2.05, 4.69) is 21.2 Å². The Hall–Kier alpha value is -1.08. The Morgan fingerprint density at radius 2 is 2.00 bits per heavy atom. The summed E-state index contributed by atoms with van der Waals surface area (Å²) in [6.07, 6.45) is -4.41. The van der Waals surface area contributed by atoms with Gasteiger partial charge in [0.1, 0.15) is 0 Å². The molecule has 0 aliphatic rings. The van der Waals surface area contributed by atoms with Crippen molar-refractivity contribution in [3.05, 3.63) is 28.2 Å². The van der Waals surface area contributed by atoms with Crippen molar-refractivity contribution in [1.29, 1.82) is 0 Å². The smallest absolute Gasteiger partial charge is 0.327 e. The van der Waals surface area contributed by atoms with Crippen LogP contribution in [0, 0.1) is 5.92 Å². The molecule has 1 atom stereocenters. The molecule has 1 aromatic rings. The van der Waals surface area contributed by atoms with Crippen molar-refractivity contribution in [3.63, 3.8) is 0 Å². The van der Waals surface area contributed by atoms with E-state index in [1.807, 2.05) is 13.8 Å². The third-order valence-corrected chi connectivity index (χ3v) is 3.52. The van der Waals surface area contributed by atoms with Gasteiger partial charge in [0.2, 0.25) is 5.91 Å². The number of nitrogens with two attached hydrogens (primary N) is 1. The van der Waals surface area contributed by atoms with Crippen LogP contribution in [-0.2, 0) is 11.0 Å². The third-order valence-electron chi connectivity index (χ3n) is 2.83. The molecular formula is C13H16BrF3N2O. The van der Waals surface area contributed by atoms with Gasteiger partial charge in [-0.05, 0) is 24.1 Å². The molecule has 112 valence electrons. The summed E-state index contributed by atoms with van der Waals surface area (Å²) in [5.41, 5.74) is 5.01. The standard InChI is InChI=1S/C13H16BrF3N2O/c1-7(2)11(18)6-12(20)19-8-3-4-10(14)9(5-8)13(15,16)17/h3-5,7,11H,6,18H2,1-2H3,(H,19,20). The summed E-state index contributed by atoms with van der Waals surface area (Å²) in [6, 6.07) is 3.22. The average Bonchev–Trinajstić information content (AvgIpc) is 2.29. The van der Waals surface area contributed by atoms with E-state index >= 15 is 0 Å². The Labute approximate surface area is 123 Å². The third kappa shape index (κ3) is 4.79. The lowest BCUT2D eigenvalue weighted by molar-refractivity contribution is -0.138. The highest BCUT2D eigenvalue weighted by Crippen LogP contribution is 2.36. The first kappa shape index (κ1) is 17.0. The molecule has 1 unspecified atom stereocenters. The highest BCUT2D eigenvalue weighted by molar-refractivity contribution is 9.10. The van der Waals surface area contributed by atoms with Crippen LogP contribution in [0.3, 0.4) is 0 Å². The molecule has 0 saturated carbocycles. The van der Waals surface area contributed by atoms with Gasteiger partial charge in [0, 0.05) is 22.6 Å². The fraction of sp³-hybridized carbons (Fsp3) is 0.462. The maximum absolute atomic E-state index is 12.7. The molecule has 0 bridgehead atoms. The number of amides is 1. The molecule has 0 radical (unpaired) electrons. The van der Waals surface area contributed by atoms with Crippen molar-refractivity contribution in [1.82, 2.24) is 0 Å². The van der Waals surface area contributed by atoms with E-state index < -0.39 is 17.6 Å². The minimum Gasteiger partial charge on any atom is -0.327 e. The zero-order chi connectivity index (χ0) is 15.5. The fourth-order valence-electron chi connectivity index (χ4n) is 1.48. The summed E-state index contributed by atoms with van der Waals surface area (Å²) >= 11 is 2.84. The summed E-state index contributed by atoms with van der Waals surface area (Å²) in [6.45, 7) is 3.75. The van der Waals surface area contributed by atoms with Crippen LogP contribution in [-0.4, -0.2) is 11.9 Å². The lowest BCUT2D eigenvalue weighted by Gasteiger charge is -2.16. The largest absolute Gasteiger partial charge is 0.417 e. The van der Waals surface area contributed by atoms with Crippen LogP contribution < -0.4 is 11.1 Å². The van der Waals surface area contributed by atoms with Crippen molar-refractivity contribution < 1.29 is 18.0 Å². The van der Waals surface area contributed by atoms with Crippen LogP contribution in [0.1, 0.15) is 25.8 Å². The van der Waals surface area contributed by atoms with Gasteiger partial charge in [-0.3, -0.25) is 4.79 Å². The first-order valence-corrected chi connectivity index (χ1v) is 6.82. The molecule has 1 aromatic carbocycles. The average molecular weight is 353 g/mol. The van der Waals surface area contributed by atoms with Gasteiger partial charge in [-0.2, -0.15) is 13.2 Å². The van der Waals surface area contributed by atoms with Gasteiger partial charge >= 0.3 is 6.18 Å². The van der Waals surface area contributed by atoms with Crippen LogP contribution in [0.4, 0.5) is 18.9 Å². The second-order valence-corrected chi connectivity index (χ2v) is 5.71. The minimum atomic E-state index is -4.48. The summed E-state index contributed by atoms with van der Waals surface area (Å²) in [5, 5.41) is 2.43. The number of carbonyl (C=O) groups is 1. The van der Waals surface area contributed by atoms with Gasteiger partial charge in [0.05, 0.1) is 5.56 Å². The number of halogens is 4. The second-order valence-electron chi connectivity index (χ2n) is 4.85. The van der Waals surface area contributed by atoms with E-state index in [9.17, 15) is 18.0 Å². The van der Waals surface area contributed by atoms with Gasteiger partial charge < -0.3 is 11.1 Å². The van der Waals surface area contributed by atoms with E-state index in [0.717, 1.165) is 6.07 Å². The Bertz CT molecular complexity index is 489. The highest BCUT2D eigenvalue weighted by Gasteiger charge is 2.33. The van der Waals surface area contributed by atoms with E-state index in [1.165, 1.54) is 12.1 Å². The first-order valence-electron chi connectivity index (χ1n) is 6.03.